The Morgan fingerprint density at radius 1 is 1.13 bits per heavy atom. The van der Waals surface area contributed by atoms with Gasteiger partial charge in [0.1, 0.15) is 6.10 Å². The minimum absolute atomic E-state index is 0.000248. The number of H-pyrrole nitrogens is 1. The van der Waals surface area contributed by atoms with E-state index in [1.165, 1.54) is 52.7 Å². The van der Waals surface area contributed by atoms with Crippen molar-refractivity contribution in [3.05, 3.63) is 58.8 Å². The zero-order chi connectivity index (χ0) is 19.6. The maximum Gasteiger partial charge on any atom is 0.166 e. The third-order valence-electron chi connectivity index (χ3n) is 8.95. The van der Waals surface area contributed by atoms with Crippen LogP contribution in [0.2, 0.25) is 0 Å². The molecule has 5 aliphatic rings. The lowest BCUT2D eigenvalue weighted by Crippen LogP contribution is -2.63. The van der Waals surface area contributed by atoms with Crippen molar-refractivity contribution in [3.8, 4) is 11.5 Å². The monoisotopic (exact) mass is 398 g/mol. The summed E-state index contributed by atoms with van der Waals surface area (Å²) >= 11 is 0. The van der Waals surface area contributed by atoms with Crippen LogP contribution >= 0.6 is 0 Å². The number of phenols is 1. The second kappa shape index (κ2) is 5.23. The second-order valence-corrected chi connectivity index (χ2v) is 10.3. The van der Waals surface area contributed by atoms with E-state index >= 15 is 0 Å². The SMILES string of the molecule is Oc1ccc2c3c1O[C@H]1c4[nH]c5ccccc5c4C[C@H]4[C@@H](C2)N(CC2CC2)CC[C@]314. The topological polar surface area (TPSA) is 48.5 Å². The third kappa shape index (κ3) is 1.80. The van der Waals surface area contributed by atoms with Crippen molar-refractivity contribution in [2.75, 3.05) is 13.1 Å². The van der Waals surface area contributed by atoms with Gasteiger partial charge in [-0.25, -0.2) is 0 Å². The third-order valence-corrected chi connectivity index (χ3v) is 8.95. The normalized spacial score (nSPS) is 33.3. The molecule has 1 saturated carbocycles. The second-order valence-electron chi connectivity index (χ2n) is 10.3. The largest absolute Gasteiger partial charge is 0.504 e. The first kappa shape index (κ1) is 16.3. The molecule has 2 bridgehead atoms. The summed E-state index contributed by atoms with van der Waals surface area (Å²) < 4.78 is 6.69. The van der Waals surface area contributed by atoms with Crippen molar-refractivity contribution in [2.24, 2.45) is 11.8 Å². The van der Waals surface area contributed by atoms with Crippen LogP contribution in [0.3, 0.4) is 0 Å². The Hall–Kier alpha value is -2.46. The number of hydrogen-bond acceptors (Lipinski definition) is 3. The number of benzene rings is 2. The molecular weight excluding hydrogens is 372 g/mol. The number of phenolic OH excluding ortho intramolecular Hbond substituents is 1. The summed E-state index contributed by atoms with van der Waals surface area (Å²) in [6.45, 7) is 2.42. The minimum Gasteiger partial charge on any atom is -0.504 e. The van der Waals surface area contributed by atoms with E-state index in [9.17, 15) is 5.11 Å². The minimum atomic E-state index is -0.00780. The van der Waals surface area contributed by atoms with E-state index in [1.54, 1.807) is 0 Å². The predicted octanol–water partition coefficient (Wildman–Crippen LogP) is 4.46. The Labute approximate surface area is 175 Å². The van der Waals surface area contributed by atoms with E-state index in [-0.39, 0.29) is 11.5 Å². The first-order valence-electron chi connectivity index (χ1n) is 11.6. The van der Waals surface area contributed by atoms with Gasteiger partial charge >= 0.3 is 0 Å². The fraction of sp³-hybridized carbons (Fsp3) is 0.462. The molecule has 3 heterocycles. The van der Waals surface area contributed by atoms with Gasteiger partial charge in [0.25, 0.3) is 0 Å². The van der Waals surface area contributed by atoms with Crippen molar-refractivity contribution in [1.82, 2.24) is 9.88 Å². The zero-order valence-electron chi connectivity index (χ0n) is 17.0. The van der Waals surface area contributed by atoms with E-state index in [4.69, 9.17) is 4.74 Å². The van der Waals surface area contributed by atoms with E-state index in [1.807, 2.05) is 6.07 Å². The molecule has 1 saturated heterocycles. The standard InChI is InChI=1S/C26H26N2O2/c29-21-8-7-15-11-20-18-12-17-16-3-1-2-4-19(16)27-23(17)25-26(18,22(15)24(21)30-25)9-10-28(20)13-14-5-6-14/h1-4,7-8,14,18,20,25,27,29H,5-6,9-13H2/t18-,20+,25-,26-/m0/s1. The van der Waals surface area contributed by atoms with E-state index in [2.05, 4.69) is 40.2 Å². The lowest BCUT2D eigenvalue weighted by Gasteiger charge is -2.58. The molecule has 4 heteroatoms. The maximum atomic E-state index is 10.7. The molecule has 3 aliphatic carbocycles. The number of likely N-dealkylation sites (tertiary alicyclic amines) is 1. The summed E-state index contributed by atoms with van der Waals surface area (Å²) in [5.74, 6) is 2.55. The molecule has 2 N–H and O–H groups in total. The highest BCUT2D eigenvalue weighted by Gasteiger charge is 2.65. The van der Waals surface area contributed by atoms with Gasteiger partial charge in [0.05, 0.1) is 5.69 Å². The van der Waals surface area contributed by atoms with E-state index in [0.29, 0.717) is 17.7 Å². The lowest BCUT2D eigenvalue weighted by molar-refractivity contribution is -0.0370. The van der Waals surface area contributed by atoms with Crippen molar-refractivity contribution < 1.29 is 9.84 Å². The van der Waals surface area contributed by atoms with Crippen molar-refractivity contribution in [1.29, 1.82) is 0 Å². The predicted molar refractivity (Wildman–Crippen MR) is 115 cm³/mol. The van der Waals surface area contributed by atoms with Crippen molar-refractivity contribution in [3.63, 3.8) is 0 Å². The Bertz CT molecular complexity index is 1230. The summed E-state index contributed by atoms with van der Waals surface area (Å²) in [4.78, 5) is 6.55. The number of para-hydroxylation sites is 1. The molecular formula is C26H26N2O2. The van der Waals surface area contributed by atoms with Gasteiger partial charge < -0.3 is 14.8 Å². The van der Waals surface area contributed by atoms with Gasteiger partial charge in [-0.15, -0.1) is 0 Å². The van der Waals surface area contributed by atoms with Crippen LogP contribution in [0.1, 0.15) is 47.8 Å². The smallest absolute Gasteiger partial charge is 0.166 e. The number of hydrogen-bond donors (Lipinski definition) is 2. The molecule has 2 aromatic carbocycles. The highest BCUT2D eigenvalue weighted by molar-refractivity contribution is 5.86. The van der Waals surface area contributed by atoms with E-state index in [0.717, 1.165) is 37.5 Å². The maximum absolute atomic E-state index is 10.7. The van der Waals surface area contributed by atoms with Crippen LogP contribution in [-0.2, 0) is 18.3 Å². The van der Waals surface area contributed by atoms with Crippen LogP contribution in [0.4, 0.5) is 0 Å². The van der Waals surface area contributed by atoms with Gasteiger partial charge in [-0.3, -0.25) is 4.90 Å². The molecule has 0 amide bonds. The van der Waals surface area contributed by atoms with Crippen LogP contribution in [0, 0.1) is 11.8 Å². The first-order valence-corrected chi connectivity index (χ1v) is 11.6. The summed E-state index contributed by atoms with van der Waals surface area (Å²) in [5.41, 5.74) is 6.66. The van der Waals surface area contributed by atoms with Gasteiger partial charge in [0.2, 0.25) is 0 Å². The fourth-order valence-electron chi connectivity index (χ4n) is 7.55. The van der Waals surface area contributed by atoms with Gasteiger partial charge in [-0.1, -0.05) is 24.3 Å². The number of aromatic hydroxyl groups is 1. The number of nitrogens with one attached hydrogen (secondary N) is 1. The molecule has 1 aromatic heterocycles. The molecule has 3 aromatic rings. The number of aromatic nitrogens is 1. The molecule has 4 nitrogen and oxygen atoms in total. The van der Waals surface area contributed by atoms with Crippen molar-refractivity contribution in [2.45, 2.75) is 49.7 Å². The molecule has 2 fully saturated rings. The van der Waals surface area contributed by atoms with Crippen LogP contribution in [0.15, 0.2) is 36.4 Å². The Morgan fingerprint density at radius 2 is 2.03 bits per heavy atom. The van der Waals surface area contributed by atoms with Gasteiger partial charge in [-0.05, 0) is 73.7 Å². The average molecular weight is 399 g/mol. The molecule has 152 valence electrons. The van der Waals surface area contributed by atoms with Gasteiger partial charge in [0.15, 0.2) is 11.5 Å². The number of piperidine rings is 1. The number of ether oxygens (including phenoxy) is 1. The molecule has 2 aliphatic heterocycles. The Morgan fingerprint density at radius 3 is 2.93 bits per heavy atom. The van der Waals surface area contributed by atoms with Crippen LogP contribution in [0.25, 0.3) is 10.9 Å². The number of aromatic amines is 1. The molecule has 0 unspecified atom stereocenters. The molecule has 4 atom stereocenters. The number of fused-ring (bicyclic) bond motifs is 4. The zero-order valence-corrected chi connectivity index (χ0v) is 17.0. The summed E-state index contributed by atoms with van der Waals surface area (Å²) in [6.07, 6.45) is 6.14. The summed E-state index contributed by atoms with van der Waals surface area (Å²) in [5, 5.41) is 12.1. The number of rotatable bonds is 2. The highest BCUT2D eigenvalue weighted by Crippen LogP contribution is 2.67. The fourth-order valence-corrected chi connectivity index (χ4v) is 7.55. The van der Waals surface area contributed by atoms with Crippen LogP contribution < -0.4 is 4.74 Å². The van der Waals surface area contributed by atoms with Crippen LogP contribution in [0.5, 0.6) is 11.5 Å². The molecule has 1 spiro atoms. The van der Waals surface area contributed by atoms with Gasteiger partial charge in [0, 0.05) is 34.5 Å². The van der Waals surface area contributed by atoms with Gasteiger partial charge in [-0.2, -0.15) is 0 Å². The first-order chi connectivity index (χ1) is 14.7. The lowest BCUT2D eigenvalue weighted by atomic mass is 9.51. The average Bonchev–Trinajstić information content (AvgIpc) is 3.39. The Balaban J connectivity index is 1.39. The molecule has 0 radical (unpaired) electrons. The number of nitrogens with zero attached hydrogens (tertiary/aromatic N) is 1. The summed E-state index contributed by atoms with van der Waals surface area (Å²) in [6, 6.07) is 13.3. The van der Waals surface area contributed by atoms with E-state index < -0.39 is 0 Å². The Kier molecular flexibility index (Phi) is 2.83. The van der Waals surface area contributed by atoms with Crippen molar-refractivity contribution >= 4 is 10.9 Å². The summed E-state index contributed by atoms with van der Waals surface area (Å²) in [7, 11) is 0. The van der Waals surface area contributed by atoms with Crippen LogP contribution in [-0.4, -0.2) is 34.1 Å². The molecule has 30 heavy (non-hydrogen) atoms. The molecule has 8 rings (SSSR count). The quantitative estimate of drug-likeness (QED) is 0.670. The highest BCUT2D eigenvalue weighted by atomic mass is 16.5.